The molecule has 7 nitrogen and oxygen atoms in total. The van der Waals surface area contributed by atoms with Crippen LogP contribution in [0, 0.1) is 0 Å². The summed E-state index contributed by atoms with van der Waals surface area (Å²) in [7, 11) is -3.82. The molecule has 2 heterocycles. The van der Waals surface area contributed by atoms with Crippen LogP contribution >= 0.6 is 0 Å². The highest BCUT2D eigenvalue weighted by Crippen LogP contribution is 2.25. The summed E-state index contributed by atoms with van der Waals surface area (Å²) in [5.41, 5.74) is 0. The Labute approximate surface area is 166 Å². The van der Waals surface area contributed by atoms with Crippen LogP contribution < -0.4 is 0 Å². The van der Waals surface area contributed by atoms with Crippen molar-refractivity contribution in [1.29, 1.82) is 0 Å². The summed E-state index contributed by atoms with van der Waals surface area (Å²) in [4.78, 5) is 18.8. The van der Waals surface area contributed by atoms with Gasteiger partial charge in [0.25, 0.3) is 0 Å². The van der Waals surface area contributed by atoms with Crippen molar-refractivity contribution >= 4 is 26.7 Å². The zero-order chi connectivity index (χ0) is 20.3. The first-order valence-corrected chi connectivity index (χ1v) is 11.0. The SMILES string of the molecule is CCCN(CC(=O)N1CC(C)OC(C)C1)S(=O)(=O)c1cccc2cnccc12. The average molecular weight is 406 g/mol. The van der Waals surface area contributed by atoms with E-state index in [0.29, 0.717) is 24.9 Å². The molecule has 3 rings (SSSR count). The van der Waals surface area contributed by atoms with Gasteiger partial charge in [-0.2, -0.15) is 4.31 Å². The topological polar surface area (TPSA) is 79.8 Å². The quantitative estimate of drug-likeness (QED) is 0.737. The highest BCUT2D eigenvalue weighted by molar-refractivity contribution is 7.89. The third-order valence-corrected chi connectivity index (χ3v) is 6.72. The molecule has 8 heteroatoms. The van der Waals surface area contributed by atoms with E-state index >= 15 is 0 Å². The Morgan fingerprint density at radius 1 is 1.25 bits per heavy atom. The standard InChI is InChI=1S/C20H27N3O4S/c1-4-10-23(14-20(24)22-12-15(2)27-16(3)13-22)28(25,26)19-7-5-6-17-11-21-9-8-18(17)19/h5-9,11,15-16H,4,10,12-14H2,1-3H3. The summed E-state index contributed by atoms with van der Waals surface area (Å²) in [6, 6.07) is 6.81. The molecule has 28 heavy (non-hydrogen) atoms. The molecule has 0 N–H and O–H groups in total. The lowest BCUT2D eigenvalue weighted by Gasteiger charge is -2.36. The van der Waals surface area contributed by atoms with E-state index < -0.39 is 10.0 Å². The summed E-state index contributed by atoms with van der Waals surface area (Å²) in [5, 5.41) is 1.36. The number of morpholine rings is 1. The van der Waals surface area contributed by atoms with Crippen LogP contribution in [0.5, 0.6) is 0 Å². The summed E-state index contributed by atoms with van der Waals surface area (Å²) in [6.07, 6.45) is 3.71. The van der Waals surface area contributed by atoms with Crippen molar-refractivity contribution in [2.24, 2.45) is 0 Å². The molecule has 0 spiro atoms. The number of carbonyl (C=O) groups is 1. The highest BCUT2D eigenvalue weighted by atomic mass is 32.2. The molecule has 1 aromatic heterocycles. The monoisotopic (exact) mass is 405 g/mol. The minimum Gasteiger partial charge on any atom is -0.372 e. The second-order valence-electron chi connectivity index (χ2n) is 7.25. The second-order valence-corrected chi connectivity index (χ2v) is 9.15. The molecule has 1 saturated heterocycles. The third-order valence-electron chi connectivity index (χ3n) is 4.82. The van der Waals surface area contributed by atoms with Crippen LogP contribution in [0.4, 0.5) is 0 Å². The molecule has 0 bridgehead atoms. The predicted octanol–water partition coefficient (Wildman–Crippen LogP) is 2.27. The molecule has 0 saturated carbocycles. The fraction of sp³-hybridized carbons (Fsp3) is 0.500. The first-order valence-electron chi connectivity index (χ1n) is 9.59. The molecule has 1 aliphatic rings. The Morgan fingerprint density at radius 2 is 1.96 bits per heavy atom. The van der Waals surface area contributed by atoms with Crippen molar-refractivity contribution in [3.05, 3.63) is 36.7 Å². The first-order chi connectivity index (χ1) is 13.3. The maximum Gasteiger partial charge on any atom is 0.244 e. The number of pyridine rings is 1. The zero-order valence-electron chi connectivity index (χ0n) is 16.5. The van der Waals surface area contributed by atoms with Crippen molar-refractivity contribution in [2.45, 2.75) is 44.3 Å². The van der Waals surface area contributed by atoms with E-state index in [0.717, 1.165) is 5.39 Å². The van der Waals surface area contributed by atoms with Crippen LogP contribution in [-0.4, -0.2) is 66.9 Å². The summed E-state index contributed by atoms with van der Waals surface area (Å²) in [5.74, 6) is -0.194. The number of hydrogen-bond acceptors (Lipinski definition) is 5. The van der Waals surface area contributed by atoms with E-state index in [1.54, 1.807) is 35.5 Å². The van der Waals surface area contributed by atoms with Crippen molar-refractivity contribution in [3.63, 3.8) is 0 Å². The fourth-order valence-electron chi connectivity index (χ4n) is 3.62. The van der Waals surface area contributed by atoms with Gasteiger partial charge in [-0.1, -0.05) is 19.1 Å². The van der Waals surface area contributed by atoms with Gasteiger partial charge >= 0.3 is 0 Å². The Hall–Kier alpha value is -2.03. The van der Waals surface area contributed by atoms with Gasteiger partial charge < -0.3 is 9.64 Å². The van der Waals surface area contributed by atoms with Crippen LogP contribution in [0.15, 0.2) is 41.6 Å². The van der Waals surface area contributed by atoms with E-state index in [1.165, 1.54) is 4.31 Å². The Bertz CT molecular complexity index is 932. The van der Waals surface area contributed by atoms with Gasteiger partial charge in [0.1, 0.15) is 0 Å². The largest absolute Gasteiger partial charge is 0.372 e. The van der Waals surface area contributed by atoms with Crippen LogP contribution in [0.25, 0.3) is 10.8 Å². The number of sulfonamides is 1. The lowest BCUT2D eigenvalue weighted by Crippen LogP contribution is -2.51. The van der Waals surface area contributed by atoms with Gasteiger partial charge in [-0.15, -0.1) is 0 Å². The molecule has 1 fully saturated rings. The van der Waals surface area contributed by atoms with E-state index in [4.69, 9.17) is 4.74 Å². The van der Waals surface area contributed by atoms with Crippen LogP contribution in [0.3, 0.4) is 0 Å². The molecule has 1 amide bonds. The minimum absolute atomic E-state index is 0.0606. The molecular formula is C20H27N3O4S. The van der Waals surface area contributed by atoms with Crippen molar-refractivity contribution in [2.75, 3.05) is 26.2 Å². The third kappa shape index (κ3) is 4.34. The van der Waals surface area contributed by atoms with Crippen molar-refractivity contribution in [3.8, 4) is 0 Å². The number of amides is 1. The maximum absolute atomic E-state index is 13.4. The van der Waals surface area contributed by atoms with Crippen LogP contribution in [0.2, 0.25) is 0 Å². The number of hydrogen-bond donors (Lipinski definition) is 0. The van der Waals surface area contributed by atoms with Crippen LogP contribution in [-0.2, 0) is 19.6 Å². The molecule has 0 aliphatic carbocycles. The first kappa shape index (κ1) is 20.7. The van der Waals surface area contributed by atoms with E-state index in [-0.39, 0.29) is 36.1 Å². The van der Waals surface area contributed by atoms with E-state index in [9.17, 15) is 13.2 Å². The van der Waals surface area contributed by atoms with Crippen LogP contribution in [0.1, 0.15) is 27.2 Å². The second kappa shape index (κ2) is 8.55. The molecule has 2 unspecified atom stereocenters. The van der Waals surface area contributed by atoms with Gasteiger partial charge in [-0.25, -0.2) is 8.42 Å². The predicted molar refractivity (Wildman–Crippen MR) is 107 cm³/mol. The average Bonchev–Trinajstić information content (AvgIpc) is 2.66. The Kier molecular flexibility index (Phi) is 6.32. The highest BCUT2D eigenvalue weighted by Gasteiger charge is 2.31. The molecule has 152 valence electrons. The smallest absolute Gasteiger partial charge is 0.244 e. The molecule has 1 aromatic carbocycles. The zero-order valence-corrected chi connectivity index (χ0v) is 17.4. The van der Waals surface area contributed by atoms with Gasteiger partial charge in [0.2, 0.25) is 15.9 Å². The van der Waals surface area contributed by atoms with Crippen molar-refractivity contribution < 1.29 is 17.9 Å². The van der Waals surface area contributed by atoms with Gasteiger partial charge in [0.05, 0.1) is 23.6 Å². The molecule has 1 aliphatic heterocycles. The Balaban J connectivity index is 1.89. The number of rotatable bonds is 6. The summed E-state index contributed by atoms with van der Waals surface area (Å²) < 4.78 is 33.7. The number of ether oxygens (including phenoxy) is 1. The minimum atomic E-state index is -3.82. The number of benzene rings is 1. The number of carbonyl (C=O) groups excluding carboxylic acids is 1. The molecule has 2 atom stereocenters. The Morgan fingerprint density at radius 3 is 2.64 bits per heavy atom. The molecule has 2 aromatic rings. The van der Waals surface area contributed by atoms with Gasteiger partial charge in [-0.3, -0.25) is 9.78 Å². The molecule has 0 radical (unpaired) electrons. The van der Waals surface area contributed by atoms with E-state index in [1.807, 2.05) is 26.8 Å². The number of nitrogens with zero attached hydrogens (tertiary/aromatic N) is 3. The van der Waals surface area contributed by atoms with Gasteiger partial charge in [0, 0.05) is 42.8 Å². The maximum atomic E-state index is 13.4. The number of fused-ring (bicyclic) bond motifs is 1. The van der Waals surface area contributed by atoms with Gasteiger partial charge in [-0.05, 0) is 32.4 Å². The number of aromatic nitrogens is 1. The fourth-order valence-corrected chi connectivity index (χ4v) is 5.32. The normalized spacial score (nSPS) is 20.6. The molecular weight excluding hydrogens is 378 g/mol. The lowest BCUT2D eigenvalue weighted by atomic mass is 10.2. The van der Waals surface area contributed by atoms with Gasteiger partial charge in [0.15, 0.2) is 0 Å². The summed E-state index contributed by atoms with van der Waals surface area (Å²) >= 11 is 0. The van der Waals surface area contributed by atoms with E-state index in [2.05, 4.69) is 4.98 Å². The summed E-state index contributed by atoms with van der Waals surface area (Å²) in [6.45, 7) is 6.80. The lowest BCUT2D eigenvalue weighted by molar-refractivity contribution is -0.143. The van der Waals surface area contributed by atoms with Crippen molar-refractivity contribution in [1.82, 2.24) is 14.2 Å².